The Hall–Kier alpha value is -1.19. The van der Waals surface area contributed by atoms with E-state index in [4.69, 9.17) is 32.7 Å². The van der Waals surface area contributed by atoms with E-state index in [9.17, 15) is 4.79 Å². The molecule has 0 N–H and O–H groups in total. The number of carbonyl (C=O) groups is 1. The summed E-state index contributed by atoms with van der Waals surface area (Å²) < 4.78 is 9.81. The molecule has 5 heteroatoms. The Labute approximate surface area is 110 Å². The molecule has 1 rings (SSSR count). The predicted octanol–water partition coefficient (Wildman–Crippen LogP) is 3.58. The number of hydrogen-bond donors (Lipinski definition) is 0. The molecule has 0 heterocycles. The van der Waals surface area contributed by atoms with Crippen LogP contribution in [0.1, 0.15) is 12.5 Å². The quantitative estimate of drug-likeness (QED) is 0.622. The largest absolute Gasteiger partial charge is 0.495 e. The first-order chi connectivity index (χ1) is 8.08. The maximum Gasteiger partial charge on any atom is 0.330 e. The number of benzene rings is 1. The molecule has 0 aromatic heterocycles. The van der Waals surface area contributed by atoms with Crippen LogP contribution < -0.4 is 4.74 Å². The average molecular weight is 275 g/mol. The van der Waals surface area contributed by atoms with E-state index in [1.807, 2.05) is 0 Å². The second-order valence-corrected chi connectivity index (χ2v) is 3.89. The monoisotopic (exact) mass is 274 g/mol. The molecule has 0 saturated carbocycles. The Kier molecular flexibility index (Phi) is 5.32. The molecule has 0 atom stereocenters. The summed E-state index contributed by atoms with van der Waals surface area (Å²) in [6.07, 6.45) is 2.91. The minimum atomic E-state index is -0.405. The van der Waals surface area contributed by atoms with Crippen LogP contribution in [0, 0.1) is 0 Å². The number of ether oxygens (including phenoxy) is 2. The zero-order chi connectivity index (χ0) is 12.8. The van der Waals surface area contributed by atoms with E-state index < -0.39 is 5.97 Å². The van der Waals surface area contributed by atoms with Crippen LogP contribution in [0.5, 0.6) is 5.75 Å². The van der Waals surface area contributed by atoms with Crippen LogP contribution in [0.3, 0.4) is 0 Å². The molecule has 0 spiro atoms. The van der Waals surface area contributed by atoms with Gasteiger partial charge in [0.1, 0.15) is 10.8 Å². The van der Waals surface area contributed by atoms with Gasteiger partial charge in [0.15, 0.2) is 0 Å². The van der Waals surface area contributed by atoms with Gasteiger partial charge in [0.05, 0.1) is 18.7 Å². The van der Waals surface area contributed by atoms with Crippen molar-refractivity contribution in [2.75, 3.05) is 13.7 Å². The molecule has 0 amide bonds. The molecular formula is C12H12Cl2O3. The van der Waals surface area contributed by atoms with Crippen LogP contribution in [0.15, 0.2) is 18.2 Å². The second kappa shape index (κ2) is 6.52. The Morgan fingerprint density at radius 1 is 1.41 bits per heavy atom. The highest BCUT2D eigenvalue weighted by molar-refractivity contribution is 6.43. The van der Waals surface area contributed by atoms with Crippen molar-refractivity contribution in [3.05, 3.63) is 33.8 Å². The lowest BCUT2D eigenvalue weighted by Crippen LogP contribution is -1.98. The fraction of sp³-hybridized carbons (Fsp3) is 0.250. The molecule has 0 fully saturated rings. The summed E-state index contributed by atoms with van der Waals surface area (Å²) in [6.45, 7) is 2.09. The first kappa shape index (κ1) is 13.9. The zero-order valence-electron chi connectivity index (χ0n) is 9.50. The third kappa shape index (κ3) is 3.95. The normalized spacial score (nSPS) is 10.6. The van der Waals surface area contributed by atoms with Gasteiger partial charge in [-0.3, -0.25) is 0 Å². The van der Waals surface area contributed by atoms with Gasteiger partial charge in [-0.15, -0.1) is 0 Å². The third-order valence-electron chi connectivity index (χ3n) is 1.94. The molecule has 0 unspecified atom stereocenters. The Bertz CT molecular complexity index is 442. The van der Waals surface area contributed by atoms with Crippen LogP contribution >= 0.6 is 23.2 Å². The highest BCUT2D eigenvalue weighted by atomic mass is 35.5. The van der Waals surface area contributed by atoms with Gasteiger partial charge < -0.3 is 9.47 Å². The van der Waals surface area contributed by atoms with Crippen LogP contribution in [0.2, 0.25) is 10.0 Å². The van der Waals surface area contributed by atoms with Gasteiger partial charge in [-0.1, -0.05) is 23.2 Å². The van der Waals surface area contributed by atoms with Crippen LogP contribution in [0.4, 0.5) is 0 Å². The Balaban J connectivity index is 2.92. The molecule has 0 saturated heterocycles. The standard InChI is InChI=1S/C12H12Cl2O3/c1-3-17-11(15)5-4-8-6-9(13)12(14)10(7-8)16-2/h4-7H,3H2,1-2H3. The van der Waals surface area contributed by atoms with Crippen molar-refractivity contribution >= 4 is 35.2 Å². The number of rotatable bonds is 4. The summed E-state index contributed by atoms with van der Waals surface area (Å²) in [6, 6.07) is 3.33. The number of hydrogen-bond acceptors (Lipinski definition) is 3. The van der Waals surface area contributed by atoms with E-state index in [2.05, 4.69) is 0 Å². The van der Waals surface area contributed by atoms with Crippen LogP contribution in [-0.2, 0) is 9.53 Å². The van der Waals surface area contributed by atoms with Crippen molar-refractivity contribution in [2.24, 2.45) is 0 Å². The van der Waals surface area contributed by atoms with Crippen molar-refractivity contribution in [1.29, 1.82) is 0 Å². The second-order valence-electron chi connectivity index (χ2n) is 3.10. The zero-order valence-corrected chi connectivity index (χ0v) is 11.0. The molecule has 0 aliphatic carbocycles. The minimum Gasteiger partial charge on any atom is -0.495 e. The van der Waals surface area contributed by atoms with E-state index in [1.165, 1.54) is 13.2 Å². The molecule has 0 aliphatic rings. The number of halogens is 2. The molecule has 1 aromatic carbocycles. The van der Waals surface area contributed by atoms with E-state index in [0.717, 1.165) is 0 Å². The fourth-order valence-corrected chi connectivity index (χ4v) is 1.59. The fourth-order valence-electron chi connectivity index (χ4n) is 1.18. The highest BCUT2D eigenvalue weighted by Crippen LogP contribution is 2.33. The van der Waals surface area contributed by atoms with Crippen molar-refractivity contribution in [2.45, 2.75) is 6.92 Å². The summed E-state index contributed by atoms with van der Waals surface area (Å²) in [7, 11) is 1.50. The number of methoxy groups -OCH3 is 1. The van der Waals surface area contributed by atoms with Crippen molar-refractivity contribution in [1.82, 2.24) is 0 Å². The van der Waals surface area contributed by atoms with Gasteiger partial charge in [-0.25, -0.2) is 4.79 Å². The Morgan fingerprint density at radius 3 is 2.71 bits per heavy atom. The molecule has 0 bridgehead atoms. The average Bonchev–Trinajstić information content (AvgIpc) is 2.31. The van der Waals surface area contributed by atoms with Gasteiger partial charge in [-0.2, -0.15) is 0 Å². The SMILES string of the molecule is CCOC(=O)C=Cc1cc(Cl)c(Cl)c(OC)c1. The summed E-state index contributed by atoms with van der Waals surface area (Å²) >= 11 is 11.8. The summed E-state index contributed by atoms with van der Waals surface area (Å²) in [5.74, 6) is 0.0558. The number of esters is 1. The van der Waals surface area contributed by atoms with Gasteiger partial charge in [0, 0.05) is 6.08 Å². The molecule has 92 valence electrons. The molecule has 0 radical (unpaired) electrons. The molecule has 3 nitrogen and oxygen atoms in total. The first-order valence-electron chi connectivity index (χ1n) is 4.96. The van der Waals surface area contributed by atoms with E-state index in [1.54, 1.807) is 25.1 Å². The van der Waals surface area contributed by atoms with Gasteiger partial charge in [0.25, 0.3) is 0 Å². The molecule has 17 heavy (non-hydrogen) atoms. The van der Waals surface area contributed by atoms with Crippen molar-refractivity contribution in [3.8, 4) is 5.75 Å². The smallest absolute Gasteiger partial charge is 0.330 e. The van der Waals surface area contributed by atoms with E-state index >= 15 is 0 Å². The lowest BCUT2D eigenvalue weighted by atomic mass is 10.2. The molecular weight excluding hydrogens is 263 g/mol. The summed E-state index contributed by atoms with van der Waals surface area (Å²) in [4.78, 5) is 11.1. The van der Waals surface area contributed by atoms with Crippen molar-refractivity contribution < 1.29 is 14.3 Å². The van der Waals surface area contributed by atoms with E-state index in [0.29, 0.717) is 28.0 Å². The predicted molar refractivity (Wildman–Crippen MR) is 68.7 cm³/mol. The van der Waals surface area contributed by atoms with Gasteiger partial charge in [0.2, 0.25) is 0 Å². The van der Waals surface area contributed by atoms with Gasteiger partial charge in [-0.05, 0) is 30.7 Å². The highest BCUT2D eigenvalue weighted by Gasteiger charge is 2.06. The maximum absolute atomic E-state index is 11.1. The summed E-state index contributed by atoms with van der Waals surface area (Å²) in [5, 5.41) is 0.719. The maximum atomic E-state index is 11.1. The molecule has 1 aromatic rings. The van der Waals surface area contributed by atoms with Crippen LogP contribution in [0.25, 0.3) is 6.08 Å². The topological polar surface area (TPSA) is 35.5 Å². The van der Waals surface area contributed by atoms with E-state index in [-0.39, 0.29) is 0 Å². The third-order valence-corrected chi connectivity index (χ3v) is 2.72. The lowest BCUT2D eigenvalue weighted by molar-refractivity contribution is -0.137. The summed E-state index contributed by atoms with van der Waals surface area (Å²) in [5.41, 5.74) is 0.712. The number of carbonyl (C=O) groups excluding carboxylic acids is 1. The molecule has 0 aliphatic heterocycles. The minimum absolute atomic E-state index is 0.341. The lowest BCUT2D eigenvalue weighted by Gasteiger charge is -2.05. The Morgan fingerprint density at radius 2 is 2.12 bits per heavy atom. The van der Waals surface area contributed by atoms with Crippen LogP contribution in [-0.4, -0.2) is 19.7 Å². The van der Waals surface area contributed by atoms with Crippen molar-refractivity contribution in [3.63, 3.8) is 0 Å². The first-order valence-corrected chi connectivity index (χ1v) is 5.72. The van der Waals surface area contributed by atoms with Gasteiger partial charge >= 0.3 is 5.97 Å².